The summed E-state index contributed by atoms with van der Waals surface area (Å²) in [5.41, 5.74) is 1.60. The average Bonchev–Trinajstić information content (AvgIpc) is 2.95. The second kappa shape index (κ2) is 6.53. The third-order valence-corrected chi connectivity index (χ3v) is 3.47. The van der Waals surface area contributed by atoms with Crippen molar-refractivity contribution in [3.05, 3.63) is 54.1 Å². The van der Waals surface area contributed by atoms with Gasteiger partial charge in [-0.2, -0.15) is 9.78 Å². The van der Waals surface area contributed by atoms with E-state index in [1.165, 1.54) is 4.68 Å². The Morgan fingerprint density at radius 1 is 1.13 bits per heavy atom. The van der Waals surface area contributed by atoms with Gasteiger partial charge < -0.3 is 9.84 Å². The molecule has 1 N–H and O–H groups in total. The number of methoxy groups -OCH3 is 1. The summed E-state index contributed by atoms with van der Waals surface area (Å²) in [5.74, 6) is 1.41. The lowest BCUT2D eigenvalue weighted by molar-refractivity contribution is 0.416. The topological polar surface area (TPSA) is 72.5 Å². The molecule has 1 aromatic heterocycles. The Morgan fingerprint density at radius 2 is 1.87 bits per heavy atom. The Balaban J connectivity index is 2.00. The highest BCUT2D eigenvalue weighted by Crippen LogP contribution is 2.29. The van der Waals surface area contributed by atoms with Crippen LogP contribution in [0.25, 0.3) is 11.4 Å². The molecule has 0 aliphatic heterocycles. The fourth-order valence-corrected chi connectivity index (χ4v) is 2.25. The van der Waals surface area contributed by atoms with Crippen LogP contribution in [-0.2, 0) is 0 Å². The second-order valence-electron chi connectivity index (χ2n) is 4.67. The normalized spacial score (nSPS) is 11.0. The maximum atomic E-state index is 9.31. The fourth-order valence-electron chi connectivity index (χ4n) is 2.06. The van der Waals surface area contributed by atoms with Crippen molar-refractivity contribution in [2.24, 2.45) is 5.10 Å². The molecule has 2 aromatic carbocycles. The Kier molecular flexibility index (Phi) is 4.29. The van der Waals surface area contributed by atoms with Crippen molar-refractivity contribution in [3.63, 3.8) is 0 Å². The van der Waals surface area contributed by atoms with E-state index in [1.807, 2.05) is 24.3 Å². The number of phenols is 1. The zero-order valence-corrected chi connectivity index (χ0v) is 13.2. The van der Waals surface area contributed by atoms with Crippen molar-refractivity contribution in [3.8, 4) is 22.9 Å². The summed E-state index contributed by atoms with van der Waals surface area (Å²) in [4.78, 5) is 0. The van der Waals surface area contributed by atoms with Gasteiger partial charge in [-0.25, -0.2) is 0 Å². The minimum absolute atomic E-state index is 0.205. The summed E-state index contributed by atoms with van der Waals surface area (Å²) in [5, 5.41) is 22.1. The van der Waals surface area contributed by atoms with Crippen LogP contribution in [0.3, 0.4) is 0 Å². The van der Waals surface area contributed by atoms with Crippen molar-refractivity contribution in [1.82, 2.24) is 14.9 Å². The molecule has 1 heterocycles. The van der Waals surface area contributed by atoms with Gasteiger partial charge in [-0.15, -0.1) is 22.8 Å². The van der Waals surface area contributed by atoms with Crippen molar-refractivity contribution in [1.29, 1.82) is 0 Å². The number of ether oxygens (including phenoxy) is 1. The number of nitrogens with zero attached hydrogens (tertiary/aromatic N) is 4. The number of benzene rings is 2. The third-order valence-electron chi connectivity index (χ3n) is 3.19. The molecule has 0 aliphatic carbocycles. The van der Waals surface area contributed by atoms with Gasteiger partial charge in [0, 0.05) is 0 Å². The summed E-state index contributed by atoms with van der Waals surface area (Å²) in [6.45, 7) is 0. The first kappa shape index (κ1) is 15.1. The molecule has 23 heavy (non-hydrogen) atoms. The van der Waals surface area contributed by atoms with E-state index in [1.54, 1.807) is 37.6 Å². The smallest absolute Gasteiger partial charge is 0.209 e. The van der Waals surface area contributed by atoms with E-state index in [9.17, 15) is 5.11 Å². The number of hydrogen-bond acceptors (Lipinski definition) is 6. The largest absolute Gasteiger partial charge is 0.508 e. The summed E-state index contributed by atoms with van der Waals surface area (Å²) in [6.07, 6.45) is 1.64. The number of phenolic OH excluding ortho intramolecular Hbond substituents is 1. The molecular weight excluding hydrogens is 312 g/mol. The van der Waals surface area contributed by atoms with Crippen LogP contribution < -0.4 is 4.74 Å². The van der Waals surface area contributed by atoms with E-state index in [2.05, 4.69) is 27.9 Å². The molecule has 116 valence electrons. The van der Waals surface area contributed by atoms with E-state index >= 15 is 0 Å². The molecule has 3 rings (SSSR count). The lowest BCUT2D eigenvalue weighted by Crippen LogP contribution is -1.97. The molecule has 0 atom stereocenters. The highest BCUT2D eigenvalue weighted by molar-refractivity contribution is 7.80. The molecule has 0 unspecified atom stereocenters. The highest BCUT2D eigenvalue weighted by atomic mass is 32.1. The molecule has 0 bridgehead atoms. The molecule has 7 heteroatoms. The zero-order chi connectivity index (χ0) is 16.2. The SMILES string of the molecule is COc1ccccc1-c1nnc(S)n1/N=C/c1ccc(O)cc1. The van der Waals surface area contributed by atoms with E-state index in [4.69, 9.17) is 4.74 Å². The van der Waals surface area contributed by atoms with Crippen molar-refractivity contribution in [2.75, 3.05) is 7.11 Å². The van der Waals surface area contributed by atoms with Gasteiger partial charge in [-0.3, -0.25) is 0 Å². The predicted octanol–water partition coefficient (Wildman–Crippen LogP) is 2.83. The van der Waals surface area contributed by atoms with Gasteiger partial charge in [-0.05, 0) is 42.0 Å². The Labute approximate surface area is 138 Å². The first-order valence-electron chi connectivity index (χ1n) is 6.80. The van der Waals surface area contributed by atoms with Gasteiger partial charge >= 0.3 is 0 Å². The van der Waals surface area contributed by atoms with E-state index in [0.29, 0.717) is 16.7 Å². The standard InChI is InChI=1S/C16H14N4O2S/c1-22-14-5-3-2-4-13(14)15-18-19-16(23)20(15)17-10-11-6-8-12(21)9-7-11/h2-10,21H,1H3,(H,19,23)/b17-10+. The molecule has 0 saturated carbocycles. The molecule has 0 aliphatic rings. The lowest BCUT2D eigenvalue weighted by atomic mass is 10.2. The lowest BCUT2D eigenvalue weighted by Gasteiger charge is -2.07. The molecule has 0 fully saturated rings. The average molecular weight is 326 g/mol. The molecule has 3 aromatic rings. The first-order valence-corrected chi connectivity index (χ1v) is 7.25. The van der Waals surface area contributed by atoms with Crippen LogP contribution in [0.5, 0.6) is 11.5 Å². The van der Waals surface area contributed by atoms with Gasteiger partial charge in [0.05, 0.1) is 18.9 Å². The van der Waals surface area contributed by atoms with Crippen molar-refractivity contribution < 1.29 is 9.84 Å². The minimum Gasteiger partial charge on any atom is -0.508 e. The van der Waals surface area contributed by atoms with Crippen molar-refractivity contribution >= 4 is 18.8 Å². The maximum Gasteiger partial charge on any atom is 0.209 e. The summed E-state index contributed by atoms with van der Waals surface area (Å²) in [7, 11) is 1.60. The summed E-state index contributed by atoms with van der Waals surface area (Å²) >= 11 is 4.29. The maximum absolute atomic E-state index is 9.31. The van der Waals surface area contributed by atoms with Crippen LogP contribution in [0.15, 0.2) is 58.8 Å². The number of aromatic hydroxyl groups is 1. The second-order valence-corrected chi connectivity index (χ2v) is 5.07. The zero-order valence-electron chi connectivity index (χ0n) is 12.3. The van der Waals surface area contributed by atoms with Crippen LogP contribution in [-0.4, -0.2) is 33.3 Å². The van der Waals surface area contributed by atoms with Crippen LogP contribution in [0, 0.1) is 0 Å². The molecule has 0 saturated heterocycles. The van der Waals surface area contributed by atoms with E-state index < -0.39 is 0 Å². The van der Waals surface area contributed by atoms with Crippen molar-refractivity contribution in [2.45, 2.75) is 5.16 Å². The molecular formula is C16H14N4O2S. The molecule has 0 radical (unpaired) electrons. The predicted molar refractivity (Wildman–Crippen MR) is 90.4 cm³/mol. The van der Waals surface area contributed by atoms with Gasteiger partial charge in [-0.1, -0.05) is 12.1 Å². The van der Waals surface area contributed by atoms with Gasteiger partial charge in [0.1, 0.15) is 11.5 Å². The highest BCUT2D eigenvalue weighted by Gasteiger charge is 2.14. The summed E-state index contributed by atoms with van der Waals surface area (Å²) in [6, 6.07) is 14.2. The summed E-state index contributed by atoms with van der Waals surface area (Å²) < 4.78 is 6.88. The Hall–Kier alpha value is -2.80. The fraction of sp³-hybridized carbons (Fsp3) is 0.0625. The number of rotatable bonds is 4. The molecule has 0 spiro atoms. The number of aromatic nitrogens is 3. The first-order chi connectivity index (χ1) is 11.2. The van der Waals surface area contributed by atoms with Crippen LogP contribution in [0.1, 0.15) is 5.56 Å². The van der Waals surface area contributed by atoms with E-state index in [0.717, 1.165) is 11.1 Å². The number of hydrogen-bond donors (Lipinski definition) is 2. The molecule has 6 nitrogen and oxygen atoms in total. The van der Waals surface area contributed by atoms with Crippen LogP contribution in [0.4, 0.5) is 0 Å². The quantitative estimate of drug-likeness (QED) is 0.571. The molecule has 0 amide bonds. The van der Waals surface area contributed by atoms with Crippen LogP contribution in [0.2, 0.25) is 0 Å². The van der Waals surface area contributed by atoms with Gasteiger partial charge in [0.2, 0.25) is 5.16 Å². The van der Waals surface area contributed by atoms with Crippen LogP contribution >= 0.6 is 12.6 Å². The Bertz CT molecular complexity index is 844. The Morgan fingerprint density at radius 3 is 2.61 bits per heavy atom. The van der Waals surface area contributed by atoms with E-state index in [-0.39, 0.29) is 5.75 Å². The monoisotopic (exact) mass is 326 g/mol. The number of thiol groups is 1. The van der Waals surface area contributed by atoms with Gasteiger partial charge in [0.15, 0.2) is 5.82 Å². The number of para-hydroxylation sites is 1. The third kappa shape index (κ3) is 3.19. The minimum atomic E-state index is 0.205. The van der Waals surface area contributed by atoms with Gasteiger partial charge in [0.25, 0.3) is 0 Å².